The van der Waals surface area contributed by atoms with Crippen molar-refractivity contribution in [3.63, 3.8) is 0 Å². The fraction of sp³-hybridized carbons (Fsp3) is 0.0769. The summed E-state index contributed by atoms with van der Waals surface area (Å²) in [7, 11) is 0. The molecule has 96 valence electrons. The van der Waals surface area contributed by atoms with Crippen LogP contribution >= 0.6 is 0 Å². The Hall–Kier alpha value is -2.76. The Morgan fingerprint density at radius 3 is 2.47 bits per heavy atom. The fourth-order valence-electron chi connectivity index (χ4n) is 1.65. The van der Waals surface area contributed by atoms with Gasteiger partial charge in [0.2, 0.25) is 5.78 Å². The summed E-state index contributed by atoms with van der Waals surface area (Å²) in [6.45, 7) is 0.102. The Morgan fingerprint density at radius 2 is 1.89 bits per heavy atom. The van der Waals surface area contributed by atoms with E-state index in [1.54, 1.807) is 29.0 Å². The first-order chi connectivity index (χ1) is 9.08. The number of hydrogen-bond donors (Lipinski definition) is 1. The van der Waals surface area contributed by atoms with Crippen LogP contribution in [0.2, 0.25) is 0 Å². The zero-order valence-electron chi connectivity index (χ0n) is 10.0. The molecule has 1 heterocycles. The quantitative estimate of drug-likeness (QED) is 0.388. The SMILES string of the molecule is Nc1cccc[n+]1CC(=O)c1ccc([N+](=O)[O-])cc1. The molecular formula is C13H12N3O3+. The summed E-state index contributed by atoms with van der Waals surface area (Å²) in [5, 5.41) is 10.5. The van der Waals surface area contributed by atoms with Gasteiger partial charge in [-0.1, -0.05) is 6.07 Å². The van der Waals surface area contributed by atoms with Crippen molar-refractivity contribution >= 4 is 17.3 Å². The molecule has 0 aliphatic heterocycles. The standard InChI is InChI=1S/C13H11N3O3/c14-13-3-1-2-8-15(13)9-12(17)10-4-6-11(7-5-10)16(18)19/h1-8,14H,9H2/p+1. The smallest absolute Gasteiger partial charge is 0.272 e. The van der Waals surface area contributed by atoms with Crippen molar-refractivity contribution in [3.8, 4) is 0 Å². The monoisotopic (exact) mass is 258 g/mol. The molecule has 2 N–H and O–H groups in total. The molecule has 0 aliphatic rings. The molecule has 0 saturated carbocycles. The van der Waals surface area contributed by atoms with Gasteiger partial charge in [-0.05, 0) is 18.2 Å². The van der Waals surface area contributed by atoms with E-state index in [0.717, 1.165) is 0 Å². The lowest BCUT2D eigenvalue weighted by atomic mass is 10.1. The van der Waals surface area contributed by atoms with E-state index in [4.69, 9.17) is 5.73 Å². The maximum Gasteiger partial charge on any atom is 0.272 e. The van der Waals surface area contributed by atoms with Crippen LogP contribution in [0.4, 0.5) is 11.5 Å². The number of Topliss-reactive ketones (excluding diaryl/α,β-unsaturated/α-hetero) is 1. The number of ketones is 1. The first-order valence-electron chi connectivity index (χ1n) is 5.59. The van der Waals surface area contributed by atoms with Gasteiger partial charge in [0.1, 0.15) is 0 Å². The molecule has 6 nitrogen and oxygen atoms in total. The van der Waals surface area contributed by atoms with E-state index >= 15 is 0 Å². The second kappa shape index (κ2) is 5.26. The predicted octanol–water partition coefficient (Wildman–Crippen LogP) is 1.35. The van der Waals surface area contributed by atoms with Gasteiger partial charge in [0.05, 0.1) is 11.1 Å². The molecule has 0 aliphatic carbocycles. The van der Waals surface area contributed by atoms with Gasteiger partial charge in [-0.15, -0.1) is 0 Å². The normalized spacial score (nSPS) is 10.1. The average Bonchev–Trinajstić information content (AvgIpc) is 2.41. The van der Waals surface area contributed by atoms with Crippen molar-refractivity contribution < 1.29 is 14.3 Å². The third-order valence-corrected chi connectivity index (χ3v) is 2.69. The van der Waals surface area contributed by atoms with Gasteiger partial charge in [0.15, 0.2) is 6.54 Å². The fourth-order valence-corrected chi connectivity index (χ4v) is 1.65. The van der Waals surface area contributed by atoms with Crippen molar-refractivity contribution in [1.82, 2.24) is 0 Å². The number of non-ortho nitro benzene ring substituents is 1. The topological polar surface area (TPSA) is 90.1 Å². The number of pyridine rings is 1. The largest absolute Gasteiger partial charge is 0.290 e. The number of aromatic nitrogens is 1. The van der Waals surface area contributed by atoms with E-state index in [1.807, 2.05) is 0 Å². The molecule has 1 aromatic heterocycles. The van der Waals surface area contributed by atoms with Gasteiger partial charge in [-0.2, -0.15) is 0 Å². The van der Waals surface area contributed by atoms with E-state index in [1.165, 1.54) is 24.3 Å². The molecule has 0 atom stereocenters. The maximum atomic E-state index is 12.0. The summed E-state index contributed by atoms with van der Waals surface area (Å²) >= 11 is 0. The van der Waals surface area contributed by atoms with Gasteiger partial charge < -0.3 is 0 Å². The minimum Gasteiger partial charge on any atom is -0.290 e. The minimum atomic E-state index is -0.502. The minimum absolute atomic E-state index is 0.0385. The van der Waals surface area contributed by atoms with Gasteiger partial charge >= 0.3 is 0 Å². The van der Waals surface area contributed by atoms with E-state index in [9.17, 15) is 14.9 Å². The highest BCUT2D eigenvalue weighted by Crippen LogP contribution is 2.12. The van der Waals surface area contributed by atoms with Crippen LogP contribution in [0.5, 0.6) is 0 Å². The van der Waals surface area contributed by atoms with Crippen LogP contribution < -0.4 is 10.3 Å². The zero-order valence-corrected chi connectivity index (χ0v) is 10.0. The Morgan fingerprint density at radius 1 is 1.21 bits per heavy atom. The van der Waals surface area contributed by atoms with Crippen LogP contribution in [-0.4, -0.2) is 10.7 Å². The number of nitrogens with two attached hydrogens (primary N) is 1. The predicted molar refractivity (Wildman–Crippen MR) is 68.5 cm³/mol. The Balaban J connectivity index is 2.16. The number of nitrogens with zero attached hydrogens (tertiary/aromatic N) is 2. The summed E-state index contributed by atoms with van der Waals surface area (Å²) in [5.74, 6) is 0.329. The molecule has 0 saturated heterocycles. The van der Waals surface area contributed by atoms with Gasteiger partial charge in [-0.3, -0.25) is 20.6 Å². The lowest BCUT2D eigenvalue weighted by Crippen LogP contribution is -2.40. The number of anilines is 1. The highest BCUT2D eigenvalue weighted by molar-refractivity contribution is 5.95. The molecule has 0 bridgehead atoms. The molecule has 2 aromatic rings. The van der Waals surface area contributed by atoms with Crippen molar-refractivity contribution in [3.05, 3.63) is 64.3 Å². The van der Waals surface area contributed by atoms with E-state index < -0.39 is 4.92 Å². The third kappa shape index (κ3) is 2.92. The second-order valence-electron chi connectivity index (χ2n) is 3.98. The highest BCUT2D eigenvalue weighted by Gasteiger charge is 2.13. The molecule has 0 fully saturated rings. The van der Waals surface area contributed by atoms with Crippen molar-refractivity contribution in [2.24, 2.45) is 0 Å². The molecule has 2 rings (SSSR count). The summed E-state index contributed by atoms with van der Waals surface area (Å²) < 4.78 is 1.61. The molecule has 0 spiro atoms. The molecule has 0 unspecified atom stereocenters. The number of carbonyl (C=O) groups is 1. The lowest BCUT2D eigenvalue weighted by molar-refractivity contribution is -0.668. The molecule has 6 heteroatoms. The lowest BCUT2D eigenvalue weighted by Gasteiger charge is -2.02. The van der Waals surface area contributed by atoms with Gasteiger partial charge in [-0.25, -0.2) is 4.57 Å². The van der Waals surface area contributed by atoms with Crippen LogP contribution in [-0.2, 0) is 6.54 Å². The average molecular weight is 258 g/mol. The van der Waals surface area contributed by atoms with Crippen LogP contribution in [0.3, 0.4) is 0 Å². The van der Waals surface area contributed by atoms with Gasteiger partial charge in [0.25, 0.3) is 11.5 Å². The number of hydrogen-bond acceptors (Lipinski definition) is 4. The third-order valence-electron chi connectivity index (χ3n) is 2.69. The number of carbonyl (C=O) groups excluding carboxylic acids is 1. The number of nitrogen functional groups attached to an aromatic ring is 1. The summed E-state index contributed by atoms with van der Waals surface area (Å²) in [5.41, 5.74) is 6.11. The highest BCUT2D eigenvalue weighted by atomic mass is 16.6. The first kappa shape index (κ1) is 12.7. The molecule has 0 amide bonds. The van der Waals surface area contributed by atoms with Crippen LogP contribution in [0.25, 0.3) is 0 Å². The van der Waals surface area contributed by atoms with E-state index in [-0.39, 0.29) is 18.0 Å². The molecule has 1 aromatic carbocycles. The van der Waals surface area contributed by atoms with Gasteiger partial charge in [0, 0.05) is 23.8 Å². The molecular weight excluding hydrogens is 246 g/mol. The summed E-state index contributed by atoms with van der Waals surface area (Å²) in [6, 6.07) is 10.8. The second-order valence-corrected chi connectivity index (χ2v) is 3.98. The number of benzene rings is 1. The van der Waals surface area contributed by atoms with Crippen molar-refractivity contribution in [1.29, 1.82) is 0 Å². The maximum absolute atomic E-state index is 12.0. The van der Waals surface area contributed by atoms with Crippen LogP contribution in [0, 0.1) is 10.1 Å². The Labute approximate surface area is 109 Å². The number of rotatable bonds is 4. The first-order valence-corrected chi connectivity index (χ1v) is 5.59. The Bertz CT molecular complexity index is 623. The van der Waals surface area contributed by atoms with Crippen LogP contribution in [0.1, 0.15) is 10.4 Å². The summed E-state index contributed by atoms with van der Waals surface area (Å²) in [6.07, 6.45) is 1.71. The van der Waals surface area contributed by atoms with Crippen molar-refractivity contribution in [2.45, 2.75) is 6.54 Å². The number of nitro benzene ring substituents is 1. The van der Waals surface area contributed by atoms with Crippen molar-refractivity contribution in [2.75, 3.05) is 5.73 Å². The van der Waals surface area contributed by atoms with E-state index in [2.05, 4.69) is 0 Å². The molecule has 0 radical (unpaired) electrons. The summed E-state index contributed by atoms with van der Waals surface area (Å²) in [4.78, 5) is 22.0. The van der Waals surface area contributed by atoms with E-state index in [0.29, 0.717) is 11.4 Å². The van der Waals surface area contributed by atoms with Crippen LogP contribution in [0.15, 0.2) is 48.7 Å². The Kier molecular flexibility index (Phi) is 3.51. The zero-order chi connectivity index (χ0) is 13.8. The number of nitro groups is 1. The molecule has 19 heavy (non-hydrogen) atoms.